The molecule has 1 fully saturated rings. The van der Waals surface area contributed by atoms with E-state index >= 15 is 0 Å². The van der Waals surface area contributed by atoms with Crippen LogP contribution in [0, 0.1) is 0 Å². The molecule has 0 atom stereocenters. The Hall–Kier alpha value is -1.48. The normalized spacial score (nSPS) is 23.3. The molecule has 0 spiro atoms. The molecule has 0 N–H and O–H groups in total. The summed E-state index contributed by atoms with van der Waals surface area (Å²) >= 11 is 0. The summed E-state index contributed by atoms with van der Waals surface area (Å²) in [6.45, 7) is 0. The van der Waals surface area contributed by atoms with Crippen LogP contribution in [0.25, 0.3) is 10.9 Å². The smallest absolute Gasteiger partial charge is 0.143 e. The molecule has 18 heavy (non-hydrogen) atoms. The molecule has 0 saturated heterocycles. The molecule has 96 valence electrons. The third kappa shape index (κ3) is 1.70. The van der Waals surface area contributed by atoms with Crippen molar-refractivity contribution in [2.75, 3.05) is 21.2 Å². The van der Waals surface area contributed by atoms with E-state index in [4.69, 9.17) is 4.74 Å². The van der Waals surface area contributed by atoms with Gasteiger partial charge in [0.2, 0.25) is 0 Å². The highest BCUT2D eigenvalue weighted by molar-refractivity contribution is 5.86. The zero-order chi connectivity index (χ0) is 12.7. The van der Waals surface area contributed by atoms with Gasteiger partial charge in [0, 0.05) is 23.7 Å². The van der Waals surface area contributed by atoms with Gasteiger partial charge in [0.1, 0.15) is 5.75 Å². The maximum Gasteiger partial charge on any atom is 0.143 e. The monoisotopic (exact) mass is 244 g/mol. The second-order valence-electron chi connectivity index (χ2n) is 5.36. The summed E-state index contributed by atoms with van der Waals surface area (Å²) in [4.78, 5) is 2.32. The summed E-state index contributed by atoms with van der Waals surface area (Å²) in [5, 5.41) is 1.27. The molecule has 1 aliphatic rings. The van der Waals surface area contributed by atoms with Crippen LogP contribution in [0.1, 0.15) is 18.9 Å². The molecule has 0 aliphatic heterocycles. The summed E-state index contributed by atoms with van der Waals surface area (Å²) in [6.07, 6.45) is 4.66. The van der Waals surface area contributed by atoms with E-state index in [-0.39, 0.29) is 0 Å². The molecule has 1 saturated carbocycles. The fraction of sp³-hybridized carbons (Fsp3) is 0.467. The number of methoxy groups -OCH3 is 1. The number of rotatable bonds is 3. The number of hydrogen-bond donors (Lipinski definition) is 0. The molecule has 0 unspecified atom stereocenters. The molecule has 1 aromatic carbocycles. The highest BCUT2D eigenvalue weighted by Gasteiger charge is 2.32. The lowest BCUT2D eigenvalue weighted by atomic mass is 9.85. The van der Waals surface area contributed by atoms with Gasteiger partial charge in [-0.15, -0.1) is 0 Å². The van der Waals surface area contributed by atoms with Gasteiger partial charge >= 0.3 is 0 Å². The van der Waals surface area contributed by atoms with Crippen molar-refractivity contribution in [2.24, 2.45) is 0 Å². The summed E-state index contributed by atoms with van der Waals surface area (Å²) in [6, 6.07) is 9.76. The van der Waals surface area contributed by atoms with Crippen LogP contribution in [0.4, 0.5) is 0 Å². The maximum absolute atomic E-state index is 5.49. The lowest BCUT2D eigenvalue weighted by molar-refractivity contribution is 0.131. The van der Waals surface area contributed by atoms with E-state index in [9.17, 15) is 0 Å². The Kier molecular flexibility index (Phi) is 2.78. The molecule has 3 rings (SSSR count). The number of para-hydroxylation sites is 1. The molecule has 3 nitrogen and oxygen atoms in total. The van der Waals surface area contributed by atoms with Crippen molar-refractivity contribution < 1.29 is 4.74 Å². The van der Waals surface area contributed by atoms with Gasteiger partial charge in [0.05, 0.1) is 12.6 Å². The van der Waals surface area contributed by atoms with Crippen molar-refractivity contribution >= 4 is 10.9 Å². The van der Waals surface area contributed by atoms with Gasteiger partial charge in [-0.1, -0.05) is 12.1 Å². The first-order chi connectivity index (χ1) is 8.70. The molecule has 0 bridgehead atoms. The van der Waals surface area contributed by atoms with Crippen molar-refractivity contribution in [3.63, 3.8) is 0 Å². The van der Waals surface area contributed by atoms with Gasteiger partial charge < -0.3 is 14.2 Å². The summed E-state index contributed by atoms with van der Waals surface area (Å²) < 4.78 is 7.87. The first kappa shape index (κ1) is 11.6. The van der Waals surface area contributed by atoms with Crippen molar-refractivity contribution in [3.8, 4) is 5.75 Å². The molecular formula is C15H20N2O. The first-order valence-electron chi connectivity index (χ1n) is 6.50. The minimum atomic E-state index is 0.617. The summed E-state index contributed by atoms with van der Waals surface area (Å²) in [5.41, 5.74) is 1.24. The third-order valence-electron chi connectivity index (χ3n) is 4.14. The minimum absolute atomic E-state index is 0.617. The Balaban J connectivity index is 1.94. The molecule has 1 aliphatic carbocycles. The number of hydrogen-bond acceptors (Lipinski definition) is 2. The molecule has 1 heterocycles. The van der Waals surface area contributed by atoms with Crippen LogP contribution in [-0.4, -0.2) is 36.7 Å². The molecule has 0 radical (unpaired) electrons. The van der Waals surface area contributed by atoms with Crippen molar-refractivity contribution in [2.45, 2.75) is 24.9 Å². The molecule has 1 aromatic heterocycles. The Morgan fingerprint density at radius 3 is 2.67 bits per heavy atom. The van der Waals surface area contributed by atoms with Gasteiger partial charge in [-0.05, 0) is 39.1 Å². The van der Waals surface area contributed by atoms with Crippen molar-refractivity contribution in [1.29, 1.82) is 0 Å². The van der Waals surface area contributed by atoms with Gasteiger partial charge in [-0.25, -0.2) is 0 Å². The molecular weight excluding hydrogens is 224 g/mol. The van der Waals surface area contributed by atoms with Crippen LogP contribution < -0.4 is 4.74 Å². The first-order valence-corrected chi connectivity index (χ1v) is 6.50. The van der Waals surface area contributed by atoms with Gasteiger partial charge in [0.25, 0.3) is 0 Å². The average Bonchev–Trinajstić information content (AvgIpc) is 2.70. The van der Waals surface area contributed by atoms with Crippen LogP contribution in [0.5, 0.6) is 5.75 Å². The second-order valence-corrected chi connectivity index (χ2v) is 5.36. The quantitative estimate of drug-likeness (QED) is 0.826. The Morgan fingerprint density at radius 2 is 2.00 bits per heavy atom. The Bertz CT molecular complexity index is 553. The molecule has 0 amide bonds. The van der Waals surface area contributed by atoms with E-state index in [1.54, 1.807) is 7.11 Å². The van der Waals surface area contributed by atoms with Crippen LogP contribution in [0.3, 0.4) is 0 Å². The standard InChI is InChI=1S/C15H20N2O/c1-16(2)12-9-13(10-12)17-8-7-11-5-4-6-14(18-3)15(11)17/h4-8,12-13H,9-10H2,1-3H3. The topological polar surface area (TPSA) is 17.4 Å². The number of benzene rings is 1. The van der Waals surface area contributed by atoms with Gasteiger partial charge in [-0.2, -0.15) is 0 Å². The van der Waals surface area contributed by atoms with Crippen LogP contribution >= 0.6 is 0 Å². The maximum atomic E-state index is 5.49. The van der Waals surface area contributed by atoms with E-state index in [2.05, 4.69) is 48.0 Å². The number of ether oxygens (including phenoxy) is 1. The van der Waals surface area contributed by atoms with E-state index in [0.717, 1.165) is 11.8 Å². The Labute approximate surface area is 108 Å². The fourth-order valence-electron chi connectivity index (χ4n) is 2.86. The fourth-order valence-corrected chi connectivity index (χ4v) is 2.86. The number of nitrogens with zero attached hydrogens (tertiary/aromatic N) is 2. The van der Waals surface area contributed by atoms with Gasteiger partial charge in [-0.3, -0.25) is 0 Å². The second kappa shape index (κ2) is 4.32. The average molecular weight is 244 g/mol. The summed E-state index contributed by atoms with van der Waals surface area (Å²) in [5.74, 6) is 0.978. The van der Waals surface area contributed by atoms with E-state index in [1.165, 1.54) is 23.7 Å². The van der Waals surface area contributed by atoms with E-state index in [1.807, 2.05) is 6.07 Å². The highest BCUT2D eigenvalue weighted by atomic mass is 16.5. The summed E-state index contributed by atoms with van der Waals surface area (Å²) in [7, 11) is 6.07. The predicted molar refractivity (Wildman–Crippen MR) is 74.2 cm³/mol. The highest BCUT2D eigenvalue weighted by Crippen LogP contribution is 2.39. The molecule has 2 aromatic rings. The van der Waals surface area contributed by atoms with Crippen molar-refractivity contribution in [3.05, 3.63) is 30.5 Å². The lowest BCUT2D eigenvalue weighted by Gasteiger charge is -2.40. The largest absolute Gasteiger partial charge is 0.495 e. The lowest BCUT2D eigenvalue weighted by Crippen LogP contribution is -2.41. The van der Waals surface area contributed by atoms with Crippen LogP contribution in [0.2, 0.25) is 0 Å². The number of fused-ring (bicyclic) bond motifs is 1. The van der Waals surface area contributed by atoms with Crippen molar-refractivity contribution in [1.82, 2.24) is 9.47 Å². The van der Waals surface area contributed by atoms with Crippen LogP contribution in [0.15, 0.2) is 30.5 Å². The zero-order valence-electron chi connectivity index (χ0n) is 11.3. The third-order valence-corrected chi connectivity index (χ3v) is 4.14. The van der Waals surface area contributed by atoms with Crippen LogP contribution in [-0.2, 0) is 0 Å². The van der Waals surface area contributed by atoms with E-state index in [0.29, 0.717) is 6.04 Å². The SMILES string of the molecule is COc1cccc2ccn(C3CC(N(C)C)C3)c12. The number of aromatic nitrogens is 1. The van der Waals surface area contributed by atoms with Gasteiger partial charge in [0.15, 0.2) is 0 Å². The Morgan fingerprint density at radius 1 is 1.22 bits per heavy atom. The molecule has 3 heteroatoms. The van der Waals surface area contributed by atoms with E-state index < -0.39 is 0 Å². The zero-order valence-corrected chi connectivity index (χ0v) is 11.3. The predicted octanol–water partition coefficient (Wildman–Crippen LogP) is 2.92. The minimum Gasteiger partial charge on any atom is -0.495 e.